The van der Waals surface area contributed by atoms with E-state index in [-0.39, 0.29) is 0 Å². The highest BCUT2D eigenvalue weighted by molar-refractivity contribution is 9.10. The molecule has 0 heterocycles. The smallest absolute Gasteiger partial charge is 0.329 e. The maximum absolute atomic E-state index is 11.8. The van der Waals surface area contributed by atoms with Gasteiger partial charge in [-0.1, -0.05) is 28.1 Å². The van der Waals surface area contributed by atoms with Crippen LogP contribution in [-0.2, 0) is 9.59 Å². The predicted octanol–water partition coefficient (Wildman–Crippen LogP) is 2.85. The van der Waals surface area contributed by atoms with E-state index in [4.69, 9.17) is 4.74 Å². The van der Waals surface area contributed by atoms with E-state index in [0.29, 0.717) is 17.0 Å². The molecule has 0 bridgehead atoms. The molecule has 0 aliphatic carbocycles. The predicted molar refractivity (Wildman–Crippen MR) is 96.2 cm³/mol. The first kappa shape index (κ1) is 17.7. The number of carbonyl (C=O) groups is 2. The molecule has 0 fully saturated rings. The molecule has 2 rings (SSSR count). The Bertz CT molecular complexity index is 790. The van der Waals surface area contributed by atoms with Crippen LogP contribution in [0.4, 0.5) is 5.69 Å². The summed E-state index contributed by atoms with van der Waals surface area (Å²) in [4.78, 5) is 23.6. The molecule has 6 nitrogen and oxygen atoms in total. The molecule has 2 aromatic carbocycles. The summed E-state index contributed by atoms with van der Waals surface area (Å²) >= 11 is 3.34. The van der Waals surface area contributed by atoms with Crippen molar-refractivity contribution in [3.05, 3.63) is 58.1 Å². The minimum absolute atomic E-state index is 0.549. The van der Waals surface area contributed by atoms with E-state index < -0.39 is 11.8 Å². The first-order valence-electron chi connectivity index (χ1n) is 7.04. The van der Waals surface area contributed by atoms with Gasteiger partial charge in [0.25, 0.3) is 0 Å². The van der Waals surface area contributed by atoms with Gasteiger partial charge in [0.15, 0.2) is 0 Å². The average molecular weight is 390 g/mol. The van der Waals surface area contributed by atoms with Crippen molar-refractivity contribution in [2.75, 3.05) is 12.4 Å². The van der Waals surface area contributed by atoms with E-state index in [1.165, 1.54) is 13.3 Å². The van der Waals surface area contributed by atoms with Gasteiger partial charge in [-0.2, -0.15) is 5.10 Å². The fraction of sp³-hybridized carbons (Fsp3) is 0.118. The normalized spacial score (nSPS) is 10.5. The highest BCUT2D eigenvalue weighted by Crippen LogP contribution is 2.21. The van der Waals surface area contributed by atoms with Gasteiger partial charge < -0.3 is 10.1 Å². The van der Waals surface area contributed by atoms with Crippen molar-refractivity contribution in [1.82, 2.24) is 5.43 Å². The van der Waals surface area contributed by atoms with Crippen LogP contribution in [0.25, 0.3) is 0 Å². The van der Waals surface area contributed by atoms with Crippen LogP contribution in [0.3, 0.4) is 0 Å². The Kier molecular flexibility index (Phi) is 6.08. The summed E-state index contributed by atoms with van der Waals surface area (Å²) in [6, 6.07) is 12.5. The minimum Gasteiger partial charge on any atom is -0.496 e. The second kappa shape index (κ2) is 8.26. The molecular weight excluding hydrogens is 374 g/mol. The molecular formula is C17H16BrN3O3. The third kappa shape index (κ3) is 4.92. The van der Waals surface area contributed by atoms with Crippen LogP contribution in [-0.4, -0.2) is 25.1 Å². The number of aryl methyl sites for hydroxylation is 1. The molecule has 7 heteroatoms. The summed E-state index contributed by atoms with van der Waals surface area (Å²) in [5.41, 5.74) is 4.37. The molecule has 0 spiro atoms. The second-order valence-electron chi connectivity index (χ2n) is 4.91. The number of hydrogen-bond donors (Lipinski definition) is 2. The Morgan fingerprint density at radius 1 is 1.17 bits per heavy atom. The van der Waals surface area contributed by atoms with Crippen molar-refractivity contribution < 1.29 is 14.3 Å². The molecule has 2 amide bonds. The van der Waals surface area contributed by atoms with Crippen molar-refractivity contribution in [3.8, 4) is 5.75 Å². The van der Waals surface area contributed by atoms with Gasteiger partial charge in [0, 0.05) is 15.7 Å². The summed E-state index contributed by atoms with van der Waals surface area (Å²) in [5, 5.41) is 6.29. The number of halogens is 1. The van der Waals surface area contributed by atoms with Crippen LogP contribution in [0.1, 0.15) is 11.1 Å². The summed E-state index contributed by atoms with van der Waals surface area (Å²) in [5.74, 6) is -1.05. The molecule has 0 radical (unpaired) electrons. The molecule has 0 saturated carbocycles. The van der Waals surface area contributed by atoms with Crippen LogP contribution in [0.5, 0.6) is 5.75 Å². The summed E-state index contributed by atoms with van der Waals surface area (Å²) < 4.78 is 6.03. The van der Waals surface area contributed by atoms with Crippen molar-refractivity contribution >= 4 is 39.6 Å². The summed E-state index contributed by atoms with van der Waals surface area (Å²) in [6.07, 6.45) is 1.40. The Hall–Kier alpha value is -2.67. The average Bonchev–Trinajstić information content (AvgIpc) is 2.55. The van der Waals surface area contributed by atoms with Gasteiger partial charge in [0.2, 0.25) is 0 Å². The van der Waals surface area contributed by atoms with Crippen molar-refractivity contribution in [3.63, 3.8) is 0 Å². The number of methoxy groups -OCH3 is 1. The Balaban J connectivity index is 1.97. The quantitative estimate of drug-likeness (QED) is 0.479. The van der Waals surface area contributed by atoms with Gasteiger partial charge in [-0.3, -0.25) is 9.59 Å². The van der Waals surface area contributed by atoms with E-state index in [0.717, 1.165) is 10.0 Å². The van der Waals surface area contributed by atoms with E-state index in [1.54, 1.807) is 30.3 Å². The molecule has 2 aromatic rings. The molecule has 0 saturated heterocycles. The lowest BCUT2D eigenvalue weighted by Gasteiger charge is -2.05. The van der Waals surface area contributed by atoms with Gasteiger partial charge >= 0.3 is 11.8 Å². The lowest BCUT2D eigenvalue weighted by molar-refractivity contribution is -0.136. The molecule has 0 atom stereocenters. The van der Waals surface area contributed by atoms with Gasteiger partial charge in [0.1, 0.15) is 5.75 Å². The van der Waals surface area contributed by atoms with Crippen LogP contribution >= 0.6 is 15.9 Å². The van der Waals surface area contributed by atoms with Crippen molar-refractivity contribution in [1.29, 1.82) is 0 Å². The highest BCUT2D eigenvalue weighted by Gasteiger charge is 2.12. The highest BCUT2D eigenvalue weighted by atomic mass is 79.9. The largest absolute Gasteiger partial charge is 0.496 e. The van der Waals surface area contributed by atoms with Gasteiger partial charge in [-0.25, -0.2) is 5.43 Å². The number of nitrogens with one attached hydrogen (secondary N) is 2. The van der Waals surface area contributed by atoms with Crippen molar-refractivity contribution in [2.24, 2.45) is 5.10 Å². The number of nitrogens with zero attached hydrogens (tertiary/aromatic N) is 1. The Morgan fingerprint density at radius 3 is 2.67 bits per heavy atom. The van der Waals surface area contributed by atoms with Crippen LogP contribution in [0, 0.1) is 6.92 Å². The summed E-state index contributed by atoms with van der Waals surface area (Å²) in [6.45, 7) is 1.89. The standard InChI is InChI=1S/C17H16BrN3O3/c1-11-4-3-5-14(8-11)20-16(22)17(23)21-19-10-12-9-13(18)6-7-15(12)24-2/h3-10H,1-2H3,(H,20,22)(H,21,23). The lowest BCUT2D eigenvalue weighted by atomic mass is 10.2. The van der Waals surface area contributed by atoms with E-state index in [9.17, 15) is 9.59 Å². The lowest BCUT2D eigenvalue weighted by Crippen LogP contribution is -2.32. The van der Waals surface area contributed by atoms with Gasteiger partial charge in [-0.05, 0) is 42.8 Å². The third-order valence-corrected chi connectivity index (χ3v) is 3.54. The topological polar surface area (TPSA) is 79.8 Å². The molecule has 0 aromatic heterocycles. The first-order valence-corrected chi connectivity index (χ1v) is 7.83. The fourth-order valence-electron chi connectivity index (χ4n) is 1.93. The number of amides is 2. The molecule has 2 N–H and O–H groups in total. The number of ether oxygens (including phenoxy) is 1. The van der Waals surface area contributed by atoms with Gasteiger partial charge in [-0.15, -0.1) is 0 Å². The van der Waals surface area contributed by atoms with E-state index >= 15 is 0 Å². The zero-order valence-electron chi connectivity index (χ0n) is 13.2. The number of benzene rings is 2. The number of rotatable bonds is 4. The number of anilines is 1. The number of hydrazone groups is 1. The third-order valence-electron chi connectivity index (χ3n) is 3.04. The minimum atomic E-state index is -0.860. The Morgan fingerprint density at radius 2 is 1.96 bits per heavy atom. The van der Waals surface area contributed by atoms with Crippen molar-refractivity contribution in [2.45, 2.75) is 6.92 Å². The molecule has 24 heavy (non-hydrogen) atoms. The maximum Gasteiger partial charge on any atom is 0.329 e. The monoisotopic (exact) mass is 389 g/mol. The second-order valence-corrected chi connectivity index (χ2v) is 5.82. The van der Waals surface area contributed by atoms with Crippen LogP contribution < -0.4 is 15.5 Å². The SMILES string of the molecule is COc1ccc(Br)cc1C=NNC(=O)C(=O)Nc1cccc(C)c1. The van der Waals surface area contributed by atoms with E-state index in [2.05, 4.69) is 31.8 Å². The number of hydrogen-bond acceptors (Lipinski definition) is 4. The molecule has 124 valence electrons. The fourth-order valence-corrected chi connectivity index (χ4v) is 2.31. The van der Waals surface area contributed by atoms with E-state index in [1.807, 2.05) is 19.1 Å². The number of carbonyl (C=O) groups excluding carboxylic acids is 2. The zero-order chi connectivity index (χ0) is 17.5. The first-order chi connectivity index (χ1) is 11.5. The Labute approximate surface area is 148 Å². The molecule has 0 aliphatic rings. The zero-order valence-corrected chi connectivity index (χ0v) is 14.8. The van der Waals surface area contributed by atoms with Crippen LogP contribution in [0.15, 0.2) is 52.0 Å². The summed E-state index contributed by atoms with van der Waals surface area (Å²) in [7, 11) is 1.54. The molecule has 0 unspecified atom stereocenters. The van der Waals surface area contributed by atoms with Crippen LogP contribution in [0.2, 0.25) is 0 Å². The maximum atomic E-state index is 11.8. The molecule has 0 aliphatic heterocycles. The van der Waals surface area contributed by atoms with Gasteiger partial charge in [0.05, 0.1) is 13.3 Å².